The van der Waals surface area contributed by atoms with E-state index in [1.807, 2.05) is 30.3 Å². The van der Waals surface area contributed by atoms with Crippen LogP contribution in [-0.4, -0.2) is 23.5 Å². The van der Waals surface area contributed by atoms with E-state index < -0.39 is 0 Å². The van der Waals surface area contributed by atoms with E-state index in [4.69, 9.17) is 10.5 Å². The standard InChI is InChI=1S/C12H14BrN3O/c1-17-7-6-9-8-12(14)16(15-9)11-5-3-2-4-10(11)13/h2-5,8H,6-7,14H2,1H3. The number of methoxy groups -OCH3 is 1. The minimum Gasteiger partial charge on any atom is -0.384 e. The highest BCUT2D eigenvalue weighted by molar-refractivity contribution is 9.10. The molecule has 0 spiro atoms. The molecule has 0 radical (unpaired) electrons. The van der Waals surface area contributed by atoms with Crippen molar-refractivity contribution in [3.05, 3.63) is 40.5 Å². The molecule has 17 heavy (non-hydrogen) atoms. The van der Waals surface area contributed by atoms with Crippen molar-refractivity contribution in [2.24, 2.45) is 0 Å². The van der Waals surface area contributed by atoms with Gasteiger partial charge in [-0.05, 0) is 28.1 Å². The normalized spacial score (nSPS) is 10.7. The third-order valence-electron chi connectivity index (χ3n) is 2.43. The van der Waals surface area contributed by atoms with Gasteiger partial charge in [0.05, 0.1) is 18.0 Å². The molecule has 2 N–H and O–H groups in total. The molecule has 4 nitrogen and oxygen atoms in total. The van der Waals surface area contributed by atoms with E-state index in [1.165, 1.54) is 0 Å². The lowest BCUT2D eigenvalue weighted by atomic mass is 10.3. The van der Waals surface area contributed by atoms with Crippen LogP contribution in [0.15, 0.2) is 34.8 Å². The molecule has 0 atom stereocenters. The van der Waals surface area contributed by atoms with Gasteiger partial charge < -0.3 is 10.5 Å². The Balaban J connectivity index is 2.33. The third-order valence-corrected chi connectivity index (χ3v) is 3.10. The number of rotatable bonds is 4. The van der Waals surface area contributed by atoms with Crippen LogP contribution in [-0.2, 0) is 11.2 Å². The van der Waals surface area contributed by atoms with Gasteiger partial charge in [0.15, 0.2) is 0 Å². The van der Waals surface area contributed by atoms with E-state index in [0.717, 1.165) is 22.3 Å². The number of para-hydroxylation sites is 1. The predicted octanol–water partition coefficient (Wildman–Crippen LogP) is 2.41. The maximum atomic E-state index is 5.95. The molecule has 1 aromatic heterocycles. The summed E-state index contributed by atoms with van der Waals surface area (Å²) < 4.78 is 7.72. The molecule has 0 aliphatic carbocycles. The second-order valence-corrected chi connectivity index (χ2v) is 4.52. The summed E-state index contributed by atoms with van der Waals surface area (Å²) in [6, 6.07) is 9.71. The highest BCUT2D eigenvalue weighted by atomic mass is 79.9. The largest absolute Gasteiger partial charge is 0.384 e. The molecule has 0 amide bonds. The summed E-state index contributed by atoms with van der Waals surface area (Å²) in [7, 11) is 1.67. The Bertz CT molecular complexity index is 510. The number of nitrogen functional groups attached to an aromatic ring is 1. The molecule has 1 heterocycles. The average molecular weight is 296 g/mol. The van der Waals surface area contributed by atoms with Crippen molar-refractivity contribution in [3.8, 4) is 5.69 Å². The van der Waals surface area contributed by atoms with Crippen molar-refractivity contribution in [2.75, 3.05) is 19.5 Å². The lowest BCUT2D eigenvalue weighted by Gasteiger charge is -2.05. The van der Waals surface area contributed by atoms with Crippen LogP contribution in [0.3, 0.4) is 0 Å². The number of benzene rings is 1. The molecule has 0 aliphatic heterocycles. The summed E-state index contributed by atoms with van der Waals surface area (Å²) in [6.07, 6.45) is 0.762. The van der Waals surface area contributed by atoms with Crippen LogP contribution in [0.5, 0.6) is 0 Å². The minimum atomic E-state index is 0.628. The zero-order chi connectivity index (χ0) is 12.3. The molecule has 0 unspecified atom stereocenters. The number of hydrogen-bond acceptors (Lipinski definition) is 3. The van der Waals surface area contributed by atoms with Crippen molar-refractivity contribution < 1.29 is 4.74 Å². The first-order valence-electron chi connectivity index (χ1n) is 5.30. The van der Waals surface area contributed by atoms with Gasteiger partial charge in [0, 0.05) is 24.1 Å². The quantitative estimate of drug-likeness (QED) is 0.942. The van der Waals surface area contributed by atoms with E-state index in [9.17, 15) is 0 Å². The molecule has 0 saturated heterocycles. The molecule has 0 bridgehead atoms. The van der Waals surface area contributed by atoms with Crippen molar-refractivity contribution in [1.29, 1.82) is 0 Å². The van der Waals surface area contributed by atoms with Crippen molar-refractivity contribution in [3.63, 3.8) is 0 Å². The molecule has 2 aromatic rings. The monoisotopic (exact) mass is 295 g/mol. The Morgan fingerprint density at radius 1 is 1.41 bits per heavy atom. The summed E-state index contributed by atoms with van der Waals surface area (Å²) in [4.78, 5) is 0. The van der Waals surface area contributed by atoms with Crippen LogP contribution in [0, 0.1) is 0 Å². The van der Waals surface area contributed by atoms with Gasteiger partial charge >= 0.3 is 0 Å². The topological polar surface area (TPSA) is 53.1 Å². The van der Waals surface area contributed by atoms with E-state index in [-0.39, 0.29) is 0 Å². The Kier molecular flexibility index (Phi) is 3.81. The Hall–Kier alpha value is -1.33. The van der Waals surface area contributed by atoms with Crippen LogP contribution in [0.4, 0.5) is 5.82 Å². The number of hydrogen-bond donors (Lipinski definition) is 1. The number of nitrogens with two attached hydrogens (primary N) is 1. The van der Waals surface area contributed by atoms with Crippen LogP contribution >= 0.6 is 15.9 Å². The second-order valence-electron chi connectivity index (χ2n) is 3.67. The average Bonchev–Trinajstić information content (AvgIpc) is 2.68. The van der Waals surface area contributed by atoms with Crippen molar-refractivity contribution in [1.82, 2.24) is 9.78 Å². The van der Waals surface area contributed by atoms with Gasteiger partial charge in [-0.1, -0.05) is 12.1 Å². The van der Waals surface area contributed by atoms with E-state index in [1.54, 1.807) is 11.8 Å². The SMILES string of the molecule is COCCc1cc(N)n(-c2ccccc2Br)n1. The van der Waals surface area contributed by atoms with E-state index >= 15 is 0 Å². The zero-order valence-corrected chi connectivity index (χ0v) is 11.1. The molecule has 0 fully saturated rings. The Labute approximate surface area is 109 Å². The lowest BCUT2D eigenvalue weighted by molar-refractivity contribution is 0.201. The van der Waals surface area contributed by atoms with Gasteiger partial charge in [0.25, 0.3) is 0 Å². The zero-order valence-electron chi connectivity index (χ0n) is 9.56. The first kappa shape index (κ1) is 12.1. The van der Waals surface area contributed by atoms with Crippen LogP contribution in [0.2, 0.25) is 0 Å². The van der Waals surface area contributed by atoms with Crippen molar-refractivity contribution in [2.45, 2.75) is 6.42 Å². The second kappa shape index (κ2) is 5.33. The Morgan fingerprint density at radius 3 is 2.88 bits per heavy atom. The van der Waals surface area contributed by atoms with Crippen LogP contribution in [0.25, 0.3) is 5.69 Å². The van der Waals surface area contributed by atoms with E-state index in [2.05, 4.69) is 21.0 Å². The number of anilines is 1. The van der Waals surface area contributed by atoms with Gasteiger partial charge in [0.1, 0.15) is 5.82 Å². The predicted molar refractivity (Wildman–Crippen MR) is 71.3 cm³/mol. The summed E-state index contributed by atoms with van der Waals surface area (Å²) in [6.45, 7) is 0.645. The summed E-state index contributed by atoms with van der Waals surface area (Å²) in [5, 5.41) is 4.46. The van der Waals surface area contributed by atoms with Gasteiger partial charge in [-0.25, -0.2) is 4.68 Å². The molecule has 0 saturated carbocycles. The first-order chi connectivity index (χ1) is 8.22. The van der Waals surface area contributed by atoms with Crippen molar-refractivity contribution >= 4 is 21.7 Å². The summed E-state index contributed by atoms with van der Waals surface area (Å²) in [5.41, 5.74) is 7.82. The molecule has 1 aromatic carbocycles. The molecule has 2 rings (SSSR count). The lowest BCUT2D eigenvalue weighted by Crippen LogP contribution is -2.03. The summed E-state index contributed by atoms with van der Waals surface area (Å²) in [5.74, 6) is 0.628. The molecule has 0 aliphatic rings. The fourth-order valence-corrected chi connectivity index (χ4v) is 2.04. The number of ether oxygens (including phenoxy) is 1. The third kappa shape index (κ3) is 2.68. The maximum Gasteiger partial charge on any atom is 0.127 e. The smallest absolute Gasteiger partial charge is 0.127 e. The fourth-order valence-electron chi connectivity index (χ4n) is 1.59. The minimum absolute atomic E-state index is 0.628. The molecule has 5 heteroatoms. The highest BCUT2D eigenvalue weighted by Crippen LogP contribution is 2.23. The maximum absolute atomic E-state index is 5.95. The molecular formula is C12H14BrN3O. The van der Waals surface area contributed by atoms with Crippen LogP contribution in [0.1, 0.15) is 5.69 Å². The van der Waals surface area contributed by atoms with Gasteiger partial charge in [0.2, 0.25) is 0 Å². The highest BCUT2D eigenvalue weighted by Gasteiger charge is 2.08. The van der Waals surface area contributed by atoms with Gasteiger partial charge in [-0.3, -0.25) is 0 Å². The van der Waals surface area contributed by atoms with Crippen LogP contribution < -0.4 is 5.73 Å². The van der Waals surface area contributed by atoms with Gasteiger partial charge in [-0.2, -0.15) is 5.10 Å². The van der Waals surface area contributed by atoms with E-state index in [0.29, 0.717) is 12.4 Å². The first-order valence-corrected chi connectivity index (χ1v) is 6.10. The number of nitrogens with zero attached hydrogens (tertiary/aromatic N) is 2. The number of aromatic nitrogens is 2. The fraction of sp³-hybridized carbons (Fsp3) is 0.250. The molecule has 90 valence electrons. The molecular weight excluding hydrogens is 282 g/mol. The van der Waals surface area contributed by atoms with Gasteiger partial charge in [-0.15, -0.1) is 0 Å². The summed E-state index contributed by atoms with van der Waals surface area (Å²) >= 11 is 3.49. The Morgan fingerprint density at radius 2 is 2.18 bits per heavy atom. The number of halogens is 1.